The van der Waals surface area contributed by atoms with E-state index in [2.05, 4.69) is 20.8 Å². The van der Waals surface area contributed by atoms with Crippen LogP contribution in [0.1, 0.15) is 47.0 Å². The molecule has 1 heterocycles. The Hall–Kier alpha value is -0.200. The minimum atomic E-state index is -0.832. The van der Waals surface area contributed by atoms with E-state index < -0.39 is 6.10 Å². The molecular formula is C16H32O5. The Kier molecular flexibility index (Phi) is 8.74. The van der Waals surface area contributed by atoms with Crippen LogP contribution in [0, 0.1) is 11.8 Å². The predicted octanol–water partition coefficient (Wildman–Crippen LogP) is 1.95. The van der Waals surface area contributed by atoms with E-state index in [1.807, 2.05) is 6.92 Å². The van der Waals surface area contributed by atoms with Gasteiger partial charge in [-0.05, 0) is 25.2 Å². The van der Waals surface area contributed by atoms with Crippen molar-refractivity contribution in [1.29, 1.82) is 0 Å². The van der Waals surface area contributed by atoms with Crippen LogP contribution in [-0.4, -0.2) is 54.6 Å². The number of hydrogen-bond donors (Lipinski definition) is 2. The van der Waals surface area contributed by atoms with Crippen LogP contribution in [0.2, 0.25) is 0 Å². The van der Waals surface area contributed by atoms with E-state index in [0.717, 1.165) is 12.3 Å². The van der Waals surface area contributed by atoms with Gasteiger partial charge in [0.15, 0.2) is 6.29 Å². The molecular weight excluding hydrogens is 272 g/mol. The molecule has 0 radical (unpaired) electrons. The van der Waals surface area contributed by atoms with Gasteiger partial charge in [0.05, 0.1) is 25.9 Å². The molecule has 0 bridgehead atoms. The standard InChI is InChI=1S/C16H32O5/c1-5-11(2)6-12(3)7-16-20-10-15(21-16)13(4)19-9-14(18)8-17/h11-18H,5-10H2,1-4H3/t11?,12?,13-,14-,15?,16?/m0/s1. The molecule has 6 atom stereocenters. The van der Waals surface area contributed by atoms with Gasteiger partial charge in [0.25, 0.3) is 0 Å². The molecule has 0 aromatic carbocycles. The molecule has 126 valence electrons. The Bertz CT molecular complexity index is 273. The summed E-state index contributed by atoms with van der Waals surface area (Å²) < 4.78 is 17.1. The fourth-order valence-corrected chi connectivity index (χ4v) is 2.55. The molecule has 0 aromatic heterocycles. The first kappa shape index (κ1) is 18.8. The molecule has 0 spiro atoms. The maximum Gasteiger partial charge on any atom is 0.158 e. The summed E-state index contributed by atoms with van der Waals surface area (Å²) in [5.74, 6) is 1.32. The Labute approximate surface area is 128 Å². The molecule has 5 heteroatoms. The lowest BCUT2D eigenvalue weighted by molar-refractivity contribution is -0.109. The largest absolute Gasteiger partial charge is 0.394 e. The molecule has 21 heavy (non-hydrogen) atoms. The normalized spacial score (nSPS) is 28.3. The highest BCUT2D eigenvalue weighted by Crippen LogP contribution is 2.25. The molecule has 0 amide bonds. The fourth-order valence-electron chi connectivity index (χ4n) is 2.55. The first-order chi connectivity index (χ1) is 9.96. The van der Waals surface area contributed by atoms with E-state index in [1.165, 1.54) is 12.8 Å². The molecule has 1 fully saturated rings. The van der Waals surface area contributed by atoms with Crippen molar-refractivity contribution in [1.82, 2.24) is 0 Å². The zero-order valence-electron chi connectivity index (χ0n) is 13.8. The highest BCUT2D eigenvalue weighted by molar-refractivity contribution is 4.74. The van der Waals surface area contributed by atoms with Crippen molar-refractivity contribution in [3.8, 4) is 0 Å². The molecule has 1 aliphatic heterocycles. The summed E-state index contributed by atoms with van der Waals surface area (Å²) in [6.45, 7) is 8.99. The average Bonchev–Trinajstić information content (AvgIpc) is 2.92. The van der Waals surface area contributed by atoms with Crippen LogP contribution in [0.25, 0.3) is 0 Å². The van der Waals surface area contributed by atoms with E-state index in [0.29, 0.717) is 12.5 Å². The quantitative estimate of drug-likeness (QED) is 0.645. The van der Waals surface area contributed by atoms with Crippen LogP contribution < -0.4 is 0 Å². The second-order valence-corrected chi connectivity index (χ2v) is 6.40. The summed E-state index contributed by atoms with van der Waals surface area (Å²) in [6, 6.07) is 0. The van der Waals surface area contributed by atoms with Crippen molar-refractivity contribution in [2.75, 3.05) is 19.8 Å². The van der Waals surface area contributed by atoms with Gasteiger partial charge < -0.3 is 24.4 Å². The number of hydrogen-bond acceptors (Lipinski definition) is 5. The minimum absolute atomic E-state index is 0.100. The van der Waals surface area contributed by atoms with Gasteiger partial charge in [0.1, 0.15) is 12.2 Å². The molecule has 0 saturated carbocycles. The van der Waals surface area contributed by atoms with Crippen LogP contribution in [-0.2, 0) is 14.2 Å². The molecule has 1 saturated heterocycles. The zero-order valence-corrected chi connectivity index (χ0v) is 13.8. The summed E-state index contributed by atoms with van der Waals surface area (Å²) in [6.07, 6.45) is 2.07. The van der Waals surface area contributed by atoms with Crippen molar-refractivity contribution in [2.45, 2.75) is 71.6 Å². The highest BCUT2D eigenvalue weighted by Gasteiger charge is 2.32. The lowest BCUT2D eigenvalue weighted by atomic mass is 9.93. The van der Waals surface area contributed by atoms with Crippen molar-refractivity contribution in [3.63, 3.8) is 0 Å². The molecule has 0 aliphatic carbocycles. The second kappa shape index (κ2) is 9.74. The van der Waals surface area contributed by atoms with Gasteiger partial charge >= 0.3 is 0 Å². The topological polar surface area (TPSA) is 68.2 Å². The minimum Gasteiger partial charge on any atom is -0.394 e. The maximum atomic E-state index is 9.28. The molecule has 2 N–H and O–H groups in total. The van der Waals surface area contributed by atoms with Crippen molar-refractivity contribution >= 4 is 0 Å². The van der Waals surface area contributed by atoms with Gasteiger partial charge in [-0.2, -0.15) is 0 Å². The number of ether oxygens (including phenoxy) is 3. The van der Waals surface area contributed by atoms with E-state index in [1.54, 1.807) is 0 Å². The third-order valence-electron chi connectivity index (χ3n) is 4.16. The Morgan fingerprint density at radius 1 is 1.24 bits per heavy atom. The van der Waals surface area contributed by atoms with Gasteiger partial charge in [-0.3, -0.25) is 0 Å². The summed E-state index contributed by atoms with van der Waals surface area (Å²) in [4.78, 5) is 0. The van der Waals surface area contributed by atoms with E-state index in [-0.39, 0.29) is 31.7 Å². The Balaban J connectivity index is 2.25. The van der Waals surface area contributed by atoms with Crippen LogP contribution in [0.15, 0.2) is 0 Å². The number of aliphatic hydroxyl groups excluding tert-OH is 2. The van der Waals surface area contributed by atoms with E-state index in [9.17, 15) is 5.11 Å². The maximum absolute atomic E-state index is 9.28. The lowest BCUT2D eigenvalue weighted by Gasteiger charge is -2.22. The summed E-state index contributed by atoms with van der Waals surface area (Å²) >= 11 is 0. The van der Waals surface area contributed by atoms with Crippen LogP contribution in [0.4, 0.5) is 0 Å². The Morgan fingerprint density at radius 2 is 1.95 bits per heavy atom. The zero-order chi connectivity index (χ0) is 15.8. The number of aliphatic hydroxyl groups is 2. The van der Waals surface area contributed by atoms with Gasteiger partial charge in [-0.15, -0.1) is 0 Å². The smallest absolute Gasteiger partial charge is 0.158 e. The van der Waals surface area contributed by atoms with Crippen LogP contribution >= 0.6 is 0 Å². The van der Waals surface area contributed by atoms with Gasteiger partial charge in [-0.25, -0.2) is 0 Å². The van der Waals surface area contributed by atoms with Crippen LogP contribution in [0.5, 0.6) is 0 Å². The molecule has 0 aromatic rings. The molecule has 5 nitrogen and oxygen atoms in total. The van der Waals surface area contributed by atoms with Gasteiger partial charge in [0.2, 0.25) is 0 Å². The van der Waals surface area contributed by atoms with E-state index >= 15 is 0 Å². The monoisotopic (exact) mass is 304 g/mol. The van der Waals surface area contributed by atoms with Crippen molar-refractivity contribution in [2.24, 2.45) is 11.8 Å². The summed E-state index contributed by atoms with van der Waals surface area (Å²) in [7, 11) is 0. The fraction of sp³-hybridized carbons (Fsp3) is 1.00. The predicted molar refractivity (Wildman–Crippen MR) is 81.0 cm³/mol. The Morgan fingerprint density at radius 3 is 2.57 bits per heavy atom. The number of rotatable bonds is 10. The van der Waals surface area contributed by atoms with Gasteiger partial charge in [-0.1, -0.05) is 27.2 Å². The molecule has 1 aliphatic rings. The average molecular weight is 304 g/mol. The first-order valence-electron chi connectivity index (χ1n) is 8.13. The lowest BCUT2D eigenvalue weighted by Crippen LogP contribution is -2.32. The third-order valence-corrected chi connectivity index (χ3v) is 4.16. The SMILES string of the molecule is CCC(C)CC(C)CC1OCC([C@H](C)OC[C@@H](O)CO)O1. The summed E-state index contributed by atoms with van der Waals surface area (Å²) in [5.41, 5.74) is 0. The molecule has 1 rings (SSSR count). The molecule has 4 unspecified atom stereocenters. The van der Waals surface area contributed by atoms with E-state index in [4.69, 9.17) is 19.3 Å². The summed E-state index contributed by atoms with van der Waals surface area (Å²) in [5, 5.41) is 18.0. The highest BCUT2D eigenvalue weighted by atomic mass is 16.7. The third kappa shape index (κ3) is 7.06. The van der Waals surface area contributed by atoms with Crippen LogP contribution in [0.3, 0.4) is 0 Å². The van der Waals surface area contributed by atoms with Crippen molar-refractivity contribution < 1.29 is 24.4 Å². The van der Waals surface area contributed by atoms with Gasteiger partial charge in [0, 0.05) is 6.42 Å². The first-order valence-corrected chi connectivity index (χ1v) is 8.13. The van der Waals surface area contributed by atoms with Crippen molar-refractivity contribution in [3.05, 3.63) is 0 Å². The second-order valence-electron chi connectivity index (χ2n) is 6.40.